The molecule has 1 fully saturated rings. The molecule has 0 aromatic rings. The highest BCUT2D eigenvalue weighted by Gasteiger charge is 2.26. The molecule has 15 heavy (non-hydrogen) atoms. The minimum atomic E-state index is -0.281. The van der Waals surface area contributed by atoms with Gasteiger partial charge in [0.25, 0.3) is 0 Å². The number of rotatable bonds is 3. The number of Topliss-reactive ketones (excluding diaryl/α,β-unsaturated/α-hetero) is 1. The Kier molecular flexibility index (Phi) is 4.55. The highest BCUT2D eigenvalue weighted by molar-refractivity contribution is 5.83. The Bertz CT molecular complexity index is 235. The summed E-state index contributed by atoms with van der Waals surface area (Å²) in [6.07, 6.45) is 1.13. The molecule has 0 atom stereocenters. The van der Waals surface area contributed by atoms with Gasteiger partial charge < -0.3 is 15.4 Å². The minimum absolute atomic E-state index is 0.0284. The summed E-state index contributed by atoms with van der Waals surface area (Å²) in [6.45, 7) is 3.46. The zero-order valence-electron chi connectivity index (χ0n) is 9.07. The van der Waals surface area contributed by atoms with Gasteiger partial charge in [-0.3, -0.25) is 4.79 Å². The van der Waals surface area contributed by atoms with Crippen LogP contribution in [0.4, 0.5) is 4.79 Å². The maximum Gasteiger partial charge on any atom is 0.409 e. The van der Waals surface area contributed by atoms with Crippen LogP contribution in [0.5, 0.6) is 0 Å². The fourth-order valence-corrected chi connectivity index (χ4v) is 1.77. The molecule has 0 unspecified atom stereocenters. The van der Waals surface area contributed by atoms with Crippen molar-refractivity contribution in [3.63, 3.8) is 0 Å². The number of nitrogens with zero attached hydrogens (tertiary/aromatic N) is 1. The highest BCUT2D eigenvalue weighted by atomic mass is 16.6. The molecule has 2 N–H and O–H groups in total. The predicted molar refractivity (Wildman–Crippen MR) is 55.4 cm³/mol. The van der Waals surface area contributed by atoms with Crippen LogP contribution in [-0.2, 0) is 9.53 Å². The number of ketones is 1. The average Bonchev–Trinajstić information content (AvgIpc) is 2.28. The maximum absolute atomic E-state index is 11.3. The number of nitrogens with two attached hydrogens (primary N) is 1. The van der Waals surface area contributed by atoms with E-state index in [2.05, 4.69) is 0 Å². The Hall–Kier alpha value is -1.10. The van der Waals surface area contributed by atoms with Crippen LogP contribution in [0.25, 0.3) is 0 Å². The number of hydrogen-bond donors (Lipinski definition) is 1. The van der Waals surface area contributed by atoms with Crippen LogP contribution >= 0.6 is 0 Å². The van der Waals surface area contributed by atoms with Crippen LogP contribution in [0, 0.1) is 5.92 Å². The lowest BCUT2D eigenvalue weighted by atomic mass is 9.93. The van der Waals surface area contributed by atoms with Gasteiger partial charge in [-0.2, -0.15) is 0 Å². The second-order valence-electron chi connectivity index (χ2n) is 3.63. The smallest absolute Gasteiger partial charge is 0.409 e. The van der Waals surface area contributed by atoms with Crippen molar-refractivity contribution in [2.45, 2.75) is 19.8 Å². The number of likely N-dealkylation sites (tertiary alicyclic amines) is 1. The van der Waals surface area contributed by atoms with Crippen molar-refractivity contribution in [3.8, 4) is 0 Å². The lowest BCUT2D eigenvalue weighted by Gasteiger charge is -2.30. The van der Waals surface area contributed by atoms with E-state index in [4.69, 9.17) is 10.5 Å². The zero-order valence-corrected chi connectivity index (χ0v) is 9.07. The van der Waals surface area contributed by atoms with E-state index in [0.29, 0.717) is 32.5 Å². The van der Waals surface area contributed by atoms with Crippen molar-refractivity contribution in [2.75, 3.05) is 26.2 Å². The Labute approximate surface area is 89.6 Å². The van der Waals surface area contributed by atoms with Gasteiger partial charge in [-0.25, -0.2) is 4.79 Å². The number of amides is 1. The summed E-state index contributed by atoms with van der Waals surface area (Å²) < 4.78 is 4.88. The molecule has 86 valence electrons. The van der Waals surface area contributed by atoms with E-state index in [1.165, 1.54) is 0 Å². The van der Waals surface area contributed by atoms with E-state index in [0.717, 1.165) is 0 Å². The molecule has 1 rings (SSSR count). The molecule has 0 radical (unpaired) electrons. The van der Waals surface area contributed by atoms with Crippen LogP contribution in [0.15, 0.2) is 0 Å². The summed E-state index contributed by atoms with van der Waals surface area (Å²) in [5.74, 6) is 0.124. The molecule has 5 nitrogen and oxygen atoms in total. The van der Waals surface area contributed by atoms with Crippen LogP contribution in [0.1, 0.15) is 19.8 Å². The molecule has 0 aromatic heterocycles. The van der Waals surface area contributed by atoms with Gasteiger partial charge in [-0.1, -0.05) is 0 Å². The molecular formula is C10H18N2O3. The van der Waals surface area contributed by atoms with Crippen LogP contribution in [0.2, 0.25) is 0 Å². The van der Waals surface area contributed by atoms with Crippen molar-refractivity contribution in [1.82, 2.24) is 4.90 Å². The van der Waals surface area contributed by atoms with Crippen LogP contribution < -0.4 is 5.73 Å². The first-order chi connectivity index (χ1) is 7.19. The lowest BCUT2D eigenvalue weighted by molar-refractivity contribution is -0.122. The molecule has 1 saturated heterocycles. The predicted octanol–water partition coefficient (Wildman–Crippen LogP) is 0.383. The average molecular weight is 214 g/mol. The third-order valence-electron chi connectivity index (χ3n) is 2.68. The number of carbonyl (C=O) groups is 2. The maximum atomic E-state index is 11.3. The van der Waals surface area contributed by atoms with Gasteiger partial charge >= 0.3 is 6.09 Å². The largest absolute Gasteiger partial charge is 0.450 e. The summed E-state index contributed by atoms with van der Waals surface area (Å²) >= 11 is 0. The van der Waals surface area contributed by atoms with Gasteiger partial charge in [0.1, 0.15) is 5.78 Å². The molecule has 0 saturated carbocycles. The molecular weight excluding hydrogens is 196 g/mol. The van der Waals surface area contributed by atoms with Crippen molar-refractivity contribution in [3.05, 3.63) is 0 Å². The molecule has 0 spiro atoms. The standard InChI is InChI=1S/C10H18N2O3/c1-2-15-10(14)12-5-3-8(4-6-12)9(13)7-11/h8H,2-7,11H2,1H3. The van der Waals surface area contributed by atoms with Gasteiger partial charge in [-0.05, 0) is 19.8 Å². The van der Waals surface area contributed by atoms with Crippen molar-refractivity contribution >= 4 is 11.9 Å². The molecule has 1 amide bonds. The molecule has 5 heteroatoms. The second kappa shape index (κ2) is 5.70. The van der Waals surface area contributed by atoms with E-state index in [1.807, 2.05) is 0 Å². The molecule has 1 heterocycles. The summed E-state index contributed by atoms with van der Waals surface area (Å²) in [5, 5.41) is 0. The summed E-state index contributed by atoms with van der Waals surface area (Å²) in [7, 11) is 0. The van der Waals surface area contributed by atoms with E-state index in [1.54, 1.807) is 11.8 Å². The van der Waals surface area contributed by atoms with E-state index in [9.17, 15) is 9.59 Å². The Morgan fingerprint density at radius 2 is 2.00 bits per heavy atom. The SMILES string of the molecule is CCOC(=O)N1CCC(C(=O)CN)CC1. The van der Waals surface area contributed by atoms with Gasteiger partial charge in [0.2, 0.25) is 0 Å². The molecule has 0 bridgehead atoms. The quantitative estimate of drug-likeness (QED) is 0.737. The molecule has 1 aliphatic rings. The highest BCUT2D eigenvalue weighted by Crippen LogP contribution is 2.18. The molecule has 1 aliphatic heterocycles. The zero-order chi connectivity index (χ0) is 11.3. The van der Waals surface area contributed by atoms with E-state index >= 15 is 0 Å². The first-order valence-electron chi connectivity index (χ1n) is 5.33. The second-order valence-corrected chi connectivity index (χ2v) is 3.63. The Morgan fingerprint density at radius 1 is 1.40 bits per heavy atom. The van der Waals surface area contributed by atoms with Gasteiger partial charge in [0.15, 0.2) is 0 Å². The van der Waals surface area contributed by atoms with Gasteiger partial charge in [0.05, 0.1) is 13.2 Å². The van der Waals surface area contributed by atoms with Crippen molar-refractivity contribution < 1.29 is 14.3 Å². The number of ether oxygens (including phenoxy) is 1. The molecule has 0 aromatic carbocycles. The monoisotopic (exact) mass is 214 g/mol. The lowest BCUT2D eigenvalue weighted by Crippen LogP contribution is -2.41. The Morgan fingerprint density at radius 3 is 2.47 bits per heavy atom. The molecule has 0 aliphatic carbocycles. The van der Waals surface area contributed by atoms with Gasteiger partial charge in [0, 0.05) is 19.0 Å². The van der Waals surface area contributed by atoms with Gasteiger partial charge in [-0.15, -0.1) is 0 Å². The number of carbonyl (C=O) groups excluding carboxylic acids is 2. The fraction of sp³-hybridized carbons (Fsp3) is 0.800. The normalized spacial score (nSPS) is 17.6. The number of hydrogen-bond acceptors (Lipinski definition) is 4. The third-order valence-corrected chi connectivity index (χ3v) is 2.68. The topological polar surface area (TPSA) is 72.6 Å². The summed E-state index contributed by atoms with van der Waals surface area (Å²) in [6, 6.07) is 0. The van der Waals surface area contributed by atoms with Crippen molar-refractivity contribution in [2.24, 2.45) is 11.7 Å². The van der Waals surface area contributed by atoms with E-state index < -0.39 is 0 Å². The van der Waals surface area contributed by atoms with Crippen LogP contribution in [0.3, 0.4) is 0 Å². The minimum Gasteiger partial charge on any atom is -0.450 e. The van der Waals surface area contributed by atoms with Crippen molar-refractivity contribution in [1.29, 1.82) is 0 Å². The summed E-state index contributed by atoms with van der Waals surface area (Å²) in [4.78, 5) is 24.3. The van der Waals surface area contributed by atoms with Crippen LogP contribution in [-0.4, -0.2) is 43.0 Å². The van der Waals surface area contributed by atoms with E-state index in [-0.39, 0.29) is 24.3 Å². The fourth-order valence-electron chi connectivity index (χ4n) is 1.77. The first kappa shape index (κ1) is 12.0. The summed E-state index contributed by atoms with van der Waals surface area (Å²) in [5.41, 5.74) is 5.29. The Balaban J connectivity index is 2.35. The third kappa shape index (κ3) is 3.20. The number of piperidine rings is 1. The first-order valence-corrected chi connectivity index (χ1v) is 5.33.